The molecule has 1 aromatic heterocycles. The topological polar surface area (TPSA) is 48.4 Å². The third-order valence-corrected chi connectivity index (χ3v) is 4.48. The fraction of sp³-hybridized carbons (Fsp3) is 0.400. The van der Waals surface area contributed by atoms with Crippen molar-refractivity contribution in [3.8, 4) is 5.75 Å². The Labute approximate surface area is 154 Å². The molecular weight excluding hydrogens is 338 g/mol. The minimum Gasteiger partial charge on any atom is -0.491 e. The van der Waals surface area contributed by atoms with Gasteiger partial charge in [0.1, 0.15) is 10.9 Å². The zero-order chi connectivity index (χ0) is 18.4. The van der Waals surface area contributed by atoms with Crippen LogP contribution in [0.4, 0.5) is 0 Å². The summed E-state index contributed by atoms with van der Waals surface area (Å²) in [7, 11) is 1.39. The van der Waals surface area contributed by atoms with Crippen molar-refractivity contribution in [3.63, 3.8) is 0 Å². The standard InChI is InChI=1S/C20H24ClNO3/c1-14-11-17(12-22-18(14)21)25-13-20(2,3)10-9-15-5-7-16(8-6-15)19(23)24-4/h5-8,11-12H,9-10,13H2,1-4H3. The summed E-state index contributed by atoms with van der Waals surface area (Å²) in [5.41, 5.74) is 2.67. The van der Waals surface area contributed by atoms with Crippen molar-refractivity contribution in [1.29, 1.82) is 0 Å². The van der Waals surface area contributed by atoms with Crippen LogP contribution >= 0.6 is 11.6 Å². The summed E-state index contributed by atoms with van der Waals surface area (Å²) < 4.78 is 10.6. The average Bonchev–Trinajstić information content (AvgIpc) is 2.61. The number of methoxy groups -OCH3 is 1. The molecule has 0 saturated heterocycles. The zero-order valence-corrected chi connectivity index (χ0v) is 15.9. The first-order valence-corrected chi connectivity index (χ1v) is 8.61. The Morgan fingerprint density at radius 2 is 1.92 bits per heavy atom. The number of aromatic nitrogens is 1. The van der Waals surface area contributed by atoms with Gasteiger partial charge < -0.3 is 9.47 Å². The van der Waals surface area contributed by atoms with Crippen LogP contribution in [-0.2, 0) is 11.2 Å². The minimum absolute atomic E-state index is 0.00849. The Hall–Kier alpha value is -2.07. The van der Waals surface area contributed by atoms with Crippen LogP contribution in [0.2, 0.25) is 5.15 Å². The largest absolute Gasteiger partial charge is 0.491 e. The second-order valence-corrected chi connectivity index (χ2v) is 7.28. The van der Waals surface area contributed by atoms with Gasteiger partial charge in [0.05, 0.1) is 25.5 Å². The number of pyridine rings is 1. The van der Waals surface area contributed by atoms with E-state index in [2.05, 4.69) is 18.8 Å². The zero-order valence-electron chi connectivity index (χ0n) is 15.1. The molecule has 1 heterocycles. The molecule has 0 amide bonds. The van der Waals surface area contributed by atoms with E-state index < -0.39 is 0 Å². The minimum atomic E-state index is -0.313. The third kappa shape index (κ3) is 5.75. The van der Waals surface area contributed by atoms with Crippen LogP contribution in [0, 0.1) is 12.3 Å². The number of halogens is 1. The highest BCUT2D eigenvalue weighted by molar-refractivity contribution is 6.30. The van der Waals surface area contributed by atoms with E-state index in [9.17, 15) is 4.79 Å². The number of hydrogen-bond donors (Lipinski definition) is 0. The molecule has 1 aromatic carbocycles. The molecule has 0 aliphatic heterocycles. The van der Waals surface area contributed by atoms with Gasteiger partial charge in [0.25, 0.3) is 0 Å². The Kier molecular flexibility index (Phi) is 6.43. The molecule has 0 saturated carbocycles. The van der Waals surface area contributed by atoms with Gasteiger partial charge >= 0.3 is 5.97 Å². The summed E-state index contributed by atoms with van der Waals surface area (Å²) in [6.45, 7) is 6.85. The molecule has 2 rings (SSSR count). The lowest BCUT2D eigenvalue weighted by Gasteiger charge is -2.25. The molecule has 0 radical (unpaired) electrons. The van der Waals surface area contributed by atoms with Gasteiger partial charge in [-0.25, -0.2) is 9.78 Å². The summed E-state index contributed by atoms with van der Waals surface area (Å²) >= 11 is 5.93. The van der Waals surface area contributed by atoms with Gasteiger partial charge in [0.15, 0.2) is 0 Å². The molecule has 0 unspecified atom stereocenters. The summed E-state index contributed by atoms with van der Waals surface area (Å²) in [5.74, 6) is 0.421. The average molecular weight is 362 g/mol. The number of ether oxygens (including phenoxy) is 2. The van der Waals surface area contributed by atoms with Crippen molar-refractivity contribution in [2.45, 2.75) is 33.6 Å². The number of aryl methyl sites for hydroxylation is 2. The Morgan fingerprint density at radius 3 is 2.52 bits per heavy atom. The highest BCUT2D eigenvalue weighted by atomic mass is 35.5. The number of esters is 1. The van der Waals surface area contributed by atoms with Gasteiger partial charge in [0.2, 0.25) is 0 Å². The molecule has 2 aromatic rings. The molecule has 4 nitrogen and oxygen atoms in total. The molecule has 0 fully saturated rings. The molecular formula is C20H24ClNO3. The Bertz CT molecular complexity index is 726. The van der Waals surface area contributed by atoms with Crippen molar-refractivity contribution in [2.75, 3.05) is 13.7 Å². The highest BCUT2D eigenvalue weighted by Gasteiger charge is 2.19. The van der Waals surface area contributed by atoms with E-state index in [-0.39, 0.29) is 11.4 Å². The number of benzene rings is 1. The molecule has 0 bridgehead atoms. The van der Waals surface area contributed by atoms with Crippen LogP contribution in [0.5, 0.6) is 5.75 Å². The predicted octanol–water partition coefficient (Wildman–Crippen LogP) is 4.87. The van der Waals surface area contributed by atoms with E-state index in [0.29, 0.717) is 17.3 Å². The Balaban J connectivity index is 1.88. The van der Waals surface area contributed by atoms with E-state index in [4.69, 9.17) is 21.1 Å². The molecule has 134 valence electrons. The van der Waals surface area contributed by atoms with E-state index >= 15 is 0 Å². The molecule has 0 N–H and O–H groups in total. The van der Waals surface area contributed by atoms with Crippen LogP contribution < -0.4 is 4.74 Å². The van der Waals surface area contributed by atoms with Crippen molar-refractivity contribution in [2.24, 2.45) is 5.41 Å². The van der Waals surface area contributed by atoms with Crippen molar-refractivity contribution >= 4 is 17.6 Å². The van der Waals surface area contributed by atoms with E-state index in [1.165, 1.54) is 12.7 Å². The van der Waals surface area contributed by atoms with Crippen LogP contribution in [0.3, 0.4) is 0 Å². The SMILES string of the molecule is COC(=O)c1ccc(CCC(C)(C)COc2cnc(Cl)c(C)c2)cc1. The highest BCUT2D eigenvalue weighted by Crippen LogP contribution is 2.26. The first-order valence-electron chi connectivity index (χ1n) is 8.23. The Morgan fingerprint density at radius 1 is 1.24 bits per heavy atom. The molecule has 0 aliphatic carbocycles. The smallest absolute Gasteiger partial charge is 0.337 e. The van der Waals surface area contributed by atoms with E-state index in [1.807, 2.05) is 25.1 Å². The number of hydrogen-bond acceptors (Lipinski definition) is 4. The van der Waals surface area contributed by atoms with Crippen molar-refractivity contribution < 1.29 is 14.3 Å². The summed E-state index contributed by atoms with van der Waals surface area (Å²) in [6, 6.07) is 9.43. The van der Waals surface area contributed by atoms with Gasteiger partial charge in [-0.3, -0.25) is 0 Å². The van der Waals surface area contributed by atoms with E-state index in [1.54, 1.807) is 18.3 Å². The number of rotatable bonds is 7. The van der Waals surface area contributed by atoms with Crippen LogP contribution in [0.1, 0.15) is 41.8 Å². The summed E-state index contributed by atoms with van der Waals surface area (Å²) in [4.78, 5) is 15.6. The number of carbonyl (C=O) groups is 1. The van der Waals surface area contributed by atoms with Gasteiger partial charge in [-0.15, -0.1) is 0 Å². The lowest BCUT2D eigenvalue weighted by Crippen LogP contribution is -2.22. The lowest BCUT2D eigenvalue weighted by molar-refractivity contribution is 0.0600. The first kappa shape index (κ1) is 19.3. The molecule has 5 heteroatoms. The summed E-state index contributed by atoms with van der Waals surface area (Å²) in [6.07, 6.45) is 3.53. The first-order chi connectivity index (χ1) is 11.8. The summed E-state index contributed by atoms with van der Waals surface area (Å²) in [5, 5.41) is 0.502. The van der Waals surface area contributed by atoms with Gasteiger partial charge in [-0.1, -0.05) is 37.6 Å². The predicted molar refractivity (Wildman–Crippen MR) is 99.4 cm³/mol. The van der Waals surface area contributed by atoms with Gasteiger partial charge in [-0.05, 0) is 54.5 Å². The molecule has 0 atom stereocenters. The van der Waals surface area contributed by atoms with Crippen molar-refractivity contribution in [3.05, 3.63) is 58.4 Å². The molecule has 0 aliphatic rings. The van der Waals surface area contributed by atoms with Crippen molar-refractivity contribution in [1.82, 2.24) is 4.98 Å². The molecule has 0 spiro atoms. The van der Waals surface area contributed by atoms with Gasteiger partial charge in [0, 0.05) is 0 Å². The maximum absolute atomic E-state index is 11.5. The maximum atomic E-state index is 11.5. The van der Waals surface area contributed by atoms with Crippen LogP contribution in [0.15, 0.2) is 36.5 Å². The van der Waals surface area contributed by atoms with Crippen LogP contribution in [0.25, 0.3) is 0 Å². The lowest BCUT2D eigenvalue weighted by atomic mass is 9.87. The monoisotopic (exact) mass is 361 g/mol. The second-order valence-electron chi connectivity index (χ2n) is 6.92. The number of nitrogens with zero attached hydrogens (tertiary/aromatic N) is 1. The van der Waals surface area contributed by atoms with Crippen LogP contribution in [-0.4, -0.2) is 24.7 Å². The van der Waals surface area contributed by atoms with E-state index in [0.717, 1.165) is 24.2 Å². The fourth-order valence-electron chi connectivity index (χ4n) is 2.37. The quantitative estimate of drug-likeness (QED) is 0.521. The fourth-order valence-corrected chi connectivity index (χ4v) is 2.47. The van der Waals surface area contributed by atoms with Gasteiger partial charge in [-0.2, -0.15) is 0 Å². The molecule has 25 heavy (non-hydrogen) atoms. The normalized spacial score (nSPS) is 11.2. The maximum Gasteiger partial charge on any atom is 0.337 e. The third-order valence-electron chi connectivity index (χ3n) is 4.08. The second kappa shape index (κ2) is 8.34. The number of carbonyl (C=O) groups excluding carboxylic acids is 1.